The van der Waals surface area contributed by atoms with E-state index < -0.39 is 0 Å². The van der Waals surface area contributed by atoms with Crippen LogP contribution in [0.2, 0.25) is 0 Å². The molecule has 18 heavy (non-hydrogen) atoms. The first-order valence-corrected chi connectivity index (χ1v) is 7.73. The summed E-state index contributed by atoms with van der Waals surface area (Å²) in [7, 11) is 0. The highest BCUT2D eigenvalue weighted by atomic mass is 16.5. The number of nitrogens with zero attached hydrogens (tertiary/aromatic N) is 1. The minimum Gasteiger partial charge on any atom is -0.380 e. The lowest BCUT2D eigenvalue weighted by atomic mass is 9.97. The molecule has 0 aromatic rings. The van der Waals surface area contributed by atoms with Crippen LogP contribution in [0.3, 0.4) is 0 Å². The van der Waals surface area contributed by atoms with Crippen LogP contribution in [0.4, 0.5) is 0 Å². The van der Waals surface area contributed by atoms with E-state index in [1.807, 2.05) is 0 Å². The summed E-state index contributed by atoms with van der Waals surface area (Å²) in [6.07, 6.45) is 3.93. The zero-order valence-corrected chi connectivity index (χ0v) is 12.6. The fourth-order valence-corrected chi connectivity index (χ4v) is 2.55. The monoisotopic (exact) mass is 256 g/mol. The number of piperidine rings is 1. The van der Waals surface area contributed by atoms with Crippen LogP contribution in [0.25, 0.3) is 0 Å². The van der Waals surface area contributed by atoms with Crippen molar-refractivity contribution in [2.75, 3.05) is 45.9 Å². The summed E-state index contributed by atoms with van der Waals surface area (Å²) < 4.78 is 5.71. The van der Waals surface area contributed by atoms with Crippen molar-refractivity contribution in [3.8, 4) is 0 Å². The Balaban J connectivity index is 2.16. The molecule has 1 N–H and O–H groups in total. The van der Waals surface area contributed by atoms with Crippen molar-refractivity contribution in [3.05, 3.63) is 0 Å². The lowest BCUT2D eigenvalue weighted by Crippen LogP contribution is -2.38. The second-order valence-electron chi connectivity index (χ2n) is 5.96. The van der Waals surface area contributed by atoms with Crippen LogP contribution in [0.15, 0.2) is 0 Å². The van der Waals surface area contributed by atoms with Crippen molar-refractivity contribution in [2.24, 2.45) is 11.8 Å². The Hall–Kier alpha value is -0.120. The molecular formula is C15H32N2O. The Labute approximate surface area is 113 Å². The van der Waals surface area contributed by atoms with E-state index in [0.717, 1.165) is 25.7 Å². The maximum Gasteiger partial charge on any atom is 0.0593 e. The third-order valence-corrected chi connectivity index (χ3v) is 3.52. The Morgan fingerprint density at radius 3 is 2.56 bits per heavy atom. The minimum atomic E-state index is 0.647. The van der Waals surface area contributed by atoms with Crippen molar-refractivity contribution in [1.82, 2.24) is 10.2 Å². The number of rotatable bonds is 9. The van der Waals surface area contributed by atoms with Gasteiger partial charge in [0.15, 0.2) is 0 Å². The number of nitrogens with one attached hydrogen (secondary N) is 1. The highest BCUT2D eigenvalue weighted by Gasteiger charge is 2.16. The Morgan fingerprint density at radius 1 is 1.22 bits per heavy atom. The van der Waals surface area contributed by atoms with Crippen LogP contribution in [-0.4, -0.2) is 50.8 Å². The predicted octanol–water partition coefficient (Wildman–Crippen LogP) is 2.37. The van der Waals surface area contributed by atoms with Gasteiger partial charge < -0.3 is 15.0 Å². The van der Waals surface area contributed by atoms with Crippen LogP contribution in [0.5, 0.6) is 0 Å². The maximum absolute atomic E-state index is 5.71. The SMILES string of the molecule is CCCN(CCOCC(C)C)CC1CCNCC1. The summed E-state index contributed by atoms with van der Waals surface area (Å²) in [5.74, 6) is 1.54. The van der Waals surface area contributed by atoms with Crippen LogP contribution < -0.4 is 5.32 Å². The summed E-state index contributed by atoms with van der Waals surface area (Å²) in [5, 5.41) is 3.44. The number of hydrogen-bond donors (Lipinski definition) is 1. The second kappa shape index (κ2) is 9.76. The molecule has 1 fully saturated rings. The van der Waals surface area contributed by atoms with Crippen LogP contribution >= 0.6 is 0 Å². The van der Waals surface area contributed by atoms with Crippen molar-refractivity contribution in [3.63, 3.8) is 0 Å². The van der Waals surface area contributed by atoms with E-state index in [0.29, 0.717) is 5.92 Å². The van der Waals surface area contributed by atoms with Gasteiger partial charge in [0.2, 0.25) is 0 Å². The summed E-state index contributed by atoms with van der Waals surface area (Å²) in [6.45, 7) is 14.5. The molecule has 0 unspecified atom stereocenters. The van der Waals surface area contributed by atoms with Gasteiger partial charge in [-0.05, 0) is 50.7 Å². The van der Waals surface area contributed by atoms with E-state index in [9.17, 15) is 0 Å². The fraction of sp³-hybridized carbons (Fsp3) is 1.00. The lowest BCUT2D eigenvalue weighted by Gasteiger charge is -2.29. The van der Waals surface area contributed by atoms with E-state index in [2.05, 4.69) is 31.0 Å². The third kappa shape index (κ3) is 7.34. The van der Waals surface area contributed by atoms with Crippen LogP contribution in [0.1, 0.15) is 40.0 Å². The van der Waals surface area contributed by atoms with E-state index >= 15 is 0 Å². The van der Waals surface area contributed by atoms with Crippen molar-refractivity contribution in [1.29, 1.82) is 0 Å². The smallest absolute Gasteiger partial charge is 0.0593 e. The molecule has 0 aromatic heterocycles. The van der Waals surface area contributed by atoms with Gasteiger partial charge in [-0.1, -0.05) is 20.8 Å². The molecule has 0 atom stereocenters. The zero-order valence-electron chi connectivity index (χ0n) is 12.6. The van der Waals surface area contributed by atoms with E-state index in [1.54, 1.807) is 0 Å². The molecule has 0 amide bonds. The average molecular weight is 256 g/mol. The van der Waals surface area contributed by atoms with Gasteiger partial charge in [-0.2, -0.15) is 0 Å². The molecule has 0 bridgehead atoms. The largest absolute Gasteiger partial charge is 0.380 e. The van der Waals surface area contributed by atoms with E-state index in [4.69, 9.17) is 4.74 Å². The molecule has 1 aliphatic rings. The van der Waals surface area contributed by atoms with Gasteiger partial charge in [0.25, 0.3) is 0 Å². The molecular weight excluding hydrogens is 224 g/mol. The molecule has 0 spiro atoms. The van der Waals surface area contributed by atoms with Crippen molar-refractivity contribution in [2.45, 2.75) is 40.0 Å². The van der Waals surface area contributed by atoms with Gasteiger partial charge in [0.05, 0.1) is 6.61 Å². The topological polar surface area (TPSA) is 24.5 Å². The summed E-state index contributed by atoms with van der Waals surface area (Å²) >= 11 is 0. The van der Waals surface area contributed by atoms with Gasteiger partial charge in [-0.15, -0.1) is 0 Å². The van der Waals surface area contributed by atoms with Crippen molar-refractivity contribution < 1.29 is 4.74 Å². The molecule has 3 nitrogen and oxygen atoms in total. The molecule has 3 heteroatoms. The predicted molar refractivity (Wildman–Crippen MR) is 78.0 cm³/mol. The molecule has 0 radical (unpaired) electrons. The summed E-state index contributed by atoms with van der Waals surface area (Å²) in [5.41, 5.74) is 0. The minimum absolute atomic E-state index is 0.647. The van der Waals surface area contributed by atoms with Gasteiger partial charge in [-0.25, -0.2) is 0 Å². The highest BCUT2D eigenvalue weighted by Crippen LogP contribution is 2.13. The average Bonchev–Trinajstić information content (AvgIpc) is 2.36. The molecule has 0 aliphatic carbocycles. The zero-order chi connectivity index (χ0) is 13.2. The quantitative estimate of drug-likeness (QED) is 0.641. The molecule has 1 heterocycles. The maximum atomic E-state index is 5.71. The fourth-order valence-electron chi connectivity index (χ4n) is 2.55. The lowest BCUT2D eigenvalue weighted by molar-refractivity contribution is 0.0787. The molecule has 108 valence electrons. The summed E-state index contributed by atoms with van der Waals surface area (Å²) in [6, 6.07) is 0. The third-order valence-electron chi connectivity index (χ3n) is 3.52. The Kier molecular flexibility index (Phi) is 8.64. The molecule has 0 saturated carbocycles. The van der Waals surface area contributed by atoms with E-state index in [1.165, 1.54) is 45.4 Å². The van der Waals surface area contributed by atoms with Gasteiger partial charge in [-0.3, -0.25) is 0 Å². The second-order valence-corrected chi connectivity index (χ2v) is 5.96. The Morgan fingerprint density at radius 2 is 1.94 bits per heavy atom. The van der Waals surface area contributed by atoms with Gasteiger partial charge in [0, 0.05) is 19.7 Å². The van der Waals surface area contributed by atoms with Gasteiger partial charge in [0.1, 0.15) is 0 Å². The molecule has 0 aromatic carbocycles. The Bertz CT molecular complexity index is 191. The molecule has 1 aliphatic heterocycles. The summed E-state index contributed by atoms with van der Waals surface area (Å²) in [4.78, 5) is 2.59. The highest BCUT2D eigenvalue weighted by molar-refractivity contribution is 4.72. The first-order valence-electron chi connectivity index (χ1n) is 7.73. The normalized spacial score (nSPS) is 17.8. The van der Waals surface area contributed by atoms with Crippen molar-refractivity contribution >= 4 is 0 Å². The van der Waals surface area contributed by atoms with Crippen LogP contribution in [-0.2, 0) is 4.74 Å². The standard InChI is InChI=1S/C15H32N2O/c1-4-9-17(10-11-18-13-14(2)3)12-15-5-7-16-8-6-15/h14-16H,4-13H2,1-3H3. The number of ether oxygens (including phenoxy) is 1. The first-order chi connectivity index (χ1) is 8.72. The molecule has 1 saturated heterocycles. The molecule has 1 rings (SSSR count). The van der Waals surface area contributed by atoms with E-state index in [-0.39, 0.29) is 0 Å². The van der Waals surface area contributed by atoms with Crippen LogP contribution in [0, 0.1) is 11.8 Å². The number of hydrogen-bond acceptors (Lipinski definition) is 3. The van der Waals surface area contributed by atoms with Gasteiger partial charge >= 0.3 is 0 Å². The first kappa shape index (κ1) is 15.9.